The van der Waals surface area contributed by atoms with E-state index in [9.17, 15) is 0 Å². The summed E-state index contributed by atoms with van der Waals surface area (Å²) in [6.07, 6.45) is 4.52. The van der Waals surface area contributed by atoms with Gasteiger partial charge in [0, 0.05) is 10.7 Å². The minimum Gasteiger partial charge on any atom is -0.345 e. The Morgan fingerprint density at radius 1 is 1.25 bits per heavy atom. The van der Waals surface area contributed by atoms with Crippen LogP contribution >= 0.6 is 11.5 Å². The molecule has 0 amide bonds. The smallest absolute Gasteiger partial charge is 0.264 e. The maximum Gasteiger partial charge on any atom is 0.264 e. The topological polar surface area (TPSA) is 144 Å². The van der Waals surface area contributed by atoms with Crippen molar-refractivity contribution in [2.24, 2.45) is 5.16 Å². The fourth-order valence-electron chi connectivity index (χ4n) is 2.30. The zero-order chi connectivity index (χ0) is 15.9. The highest BCUT2D eigenvalue weighted by Gasteiger charge is 2.40. The van der Waals surface area contributed by atoms with E-state index < -0.39 is 6.04 Å². The van der Waals surface area contributed by atoms with E-state index in [1.807, 2.05) is 0 Å². The van der Waals surface area contributed by atoms with Crippen LogP contribution < -0.4 is 5.06 Å². The number of nitrogens with zero attached hydrogens (tertiary/aromatic N) is 9. The number of hydrogen-bond acceptors (Lipinski definition) is 12. The number of aromatic nitrogens is 8. The van der Waals surface area contributed by atoms with E-state index in [0.29, 0.717) is 28.3 Å². The Morgan fingerprint density at radius 2 is 2.25 bits per heavy atom. The van der Waals surface area contributed by atoms with Gasteiger partial charge in [-0.15, -0.1) is 15.3 Å². The molecular formula is C11H6N10O2S. The largest absolute Gasteiger partial charge is 0.345 e. The van der Waals surface area contributed by atoms with Gasteiger partial charge in [0.05, 0.1) is 12.5 Å². The summed E-state index contributed by atoms with van der Waals surface area (Å²) in [6, 6.07) is -0.535. The standard InChI is InChI=1S/C11H6N10O2S/c1-5-10(14-4-13-5)15-11(12-1)21-9(7-3-24-20-17-7)8(18-23-21)6-2-22-19-16-6/h1-4,9H,(H,12,13,14,15). The summed E-state index contributed by atoms with van der Waals surface area (Å²) in [5.74, 6) is 0.280. The zero-order valence-corrected chi connectivity index (χ0v) is 12.5. The Bertz CT molecular complexity index is 1010. The van der Waals surface area contributed by atoms with Crippen LogP contribution in [-0.4, -0.2) is 45.6 Å². The van der Waals surface area contributed by atoms with Crippen molar-refractivity contribution in [1.29, 1.82) is 0 Å². The molecule has 0 aliphatic carbocycles. The molecule has 118 valence electrons. The van der Waals surface area contributed by atoms with Crippen molar-refractivity contribution in [3.63, 3.8) is 0 Å². The second kappa shape index (κ2) is 5.02. The summed E-state index contributed by atoms with van der Waals surface area (Å²) in [4.78, 5) is 21.1. The number of rotatable bonds is 3. The van der Waals surface area contributed by atoms with Gasteiger partial charge < -0.3 is 9.51 Å². The number of imidazole rings is 1. The summed E-state index contributed by atoms with van der Waals surface area (Å²) >= 11 is 1.21. The molecule has 24 heavy (non-hydrogen) atoms. The second-order valence-electron chi connectivity index (χ2n) is 4.72. The highest BCUT2D eigenvalue weighted by molar-refractivity contribution is 7.03. The molecule has 1 aliphatic heterocycles. The third-order valence-corrected chi connectivity index (χ3v) is 3.88. The average molecular weight is 342 g/mol. The van der Waals surface area contributed by atoms with Gasteiger partial charge in [-0.05, 0) is 11.5 Å². The number of anilines is 1. The van der Waals surface area contributed by atoms with Crippen LogP contribution in [0.1, 0.15) is 17.4 Å². The van der Waals surface area contributed by atoms with E-state index in [1.165, 1.54) is 22.9 Å². The fraction of sp³-hybridized carbons (Fsp3) is 0.0909. The number of nitrogens with one attached hydrogen (secondary N) is 1. The molecule has 0 radical (unpaired) electrons. The SMILES string of the molecule is c1nc2nc(N3ON=C(c4conn4)C3c3csnn3)ncc2[nH]1. The molecule has 0 bridgehead atoms. The van der Waals surface area contributed by atoms with Crippen molar-refractivity contribution in [2.75, 3.05) is 5.06 Å². The van der Waals surface area contributed by atoms with Gasteiger partial charge in [-0.2, -0.15) is 4.98 Å². The monoisotopic (exact) mass is 342 g/mol. The minimum atomic E-state index is -0.535. The zero-order valence-electron chi connectivity index (χ0n) is 11.6. The molecule has 0 saturated carbocycles. The predicted molar refractivity (Wildman–Crippen MR) is 78.7 cm³/mol. The van der Waals surface area contributed by atoms with Crippen molar-refractivity contribution >= 4 is 34.4 Å². The van der Waals surface area contributed by atoms with Gasteiger partial charge in [0.2, 0.25) is 0 Å². The Kier molecular flexibility index (Phi) is 2.72. The molecule has 5 heterocycles. The lowest BCUT2D eigenvalue weighted by Crippen LogP contribution is -2.29. The van der Waals surface area contributed by atoms with Crippen LogP contribution in [-0.2, 0) is 4.94 Å². The van der Waals surface area contributed by atoms with Gasteiger partial charge in [-0.25, -0.2) is 9.97 Å². The highest BCUT2D eigenvalue weighted by atomic mass is 32.1. The number of hydroxylamine groups is 1. The van der Waals surface area contributed by atoms with Gasteiger partial charge in [0.15, 0.2) is 23.6 Å². The molecule has 0 spiro atoms. The molecule has 4 aromatic rings. The molecule has 1 unspecified atom stereocenters. The lowest BCUT2D eigenvalue weighted by molar-refractivity contribution is 0.126. The lowest BCUT2D eigenvalue weighted by atomic mass is 10.1. The lowest BCUT2D eigenvalue weighted by Gasteiger charge is -2.18. The Morgan fingerprint density at radius 3 is 3.08 bits per heavy atom. The molecular weight excluding hydrogens is 336 g/mol. The van der Waals surface area contributed by atoms with E-state index in [4.69, 9.17) is 9.46 Å². The summed E-state index contributed by atoms with van der Waals surface area (Å²) in [7, 11) is 0. The molecule has 4 aromatic heterocycles. The van der Waals surface area contributed by atoms with Crippen LogP contribution in [0, 0.1) is 0 Å². The van der Waals surface area contributed by atoms with Gasteiger partial charge in [-0.3, -0.25) is 4.94 Å². The normalized spacial score (nSPS) is 17.2. The van der Waals surface area contributed by atoms with E-state index >= 15 is 0 Å². The van der Waals surface area contributed by atoms with Gasteiger partial charge in [0.25, 0.3) is 5.95 Å². The summed E-state index contributed by atoms with van der Waals surface area (Å²) in [6.45, 7) is 0. The van der Waals surface area contributed by atoms with Crippen molar-refractivity contribution in [2.45, 2.75) is 6.04 Å². The fourth-order valence-corrected chi connectivity index (χ4v) is 2.77. The van der Waals surface area contributed by atoms with Crippen molar-refractivity contribution in [3.8, 4) is 0 Å². The van der Waals surface area contributed by atoms with Crippen molar-refractivity contribution in [3.05, 3.63) is 35.6 Å². The van der Waals surface area contributed by atoms with Crippen molar-refractivity contribution < 1.29 is 9.46 Å². The predicted octanol–water partition coefficient (Wildman–Crippen LogP) is 0.485. The van der Waals surface area contributed by atoms with Gasteiger partial charge >= 0.3 is 0 Å². The number of oxime groups is 1. The first-order valence-corrected chi connectivity index (χ1v) is 7.48. The van der Waals surface area contributed by atoms with Crippen molar-refractivity contribution in [1.82, 2.24) is 39.9 Å². The molecule has 0 saturated heterocycles. The number of aromatic amines is 1. The number of hydrogen-bond donors (Lipinski definition) is 1. The highest BCUT2D eigenvalue weighted by Crippen LogP contribution is 2.33. The average Bonchev–Trinajstić information content (AvgIpc) is 3.41. The van der Waals surface area contributed by atoms with Crippen LogP contribution in [0.2, 0.25) is 0 Å². The maximum absolute atomic E-state index is 5.42. The van der Waals surface area contributed by atoms with E-state index in [2.05, 4.69) is 45.0 Å². The van der Waals surface area contributed by atoms with E-state index in [0.717, 1.165) is 0 Å². The molecule has 5 rings (SSSR count). The first-order valence-electron chi connectivity index (χ1n) is 6.65. The molecule has 0 fully saturated rings. The van der Waals surface area contributed by atoms with E-state index in [1.54, 1.807) is 17.9 Å². The first-order chi connectivity index (χ1) is 11.9. The van der Waals surface area contributed by atoms with Crippen LogP contribution in [0.4, 0.5) is 5.95 Å². The van der Waals surface area contributed by atoms with E-state index in [-0.39, 0.29) is 5.95 Å². The third kappa shape index (κ3) is 1.91. The Hall–Kier alpha value is -3.48. The molecule has 13 heteroatoms. The van der Waals surface area contributed by atoms with Crippen LogP contribution in [0.5, 0.6) is 0 Å². The minimum absolute atomic E-state index is 0.280. The van der Waals surface area contributed by atoms with Crippen LogP contribution in [0.25, 0.3) is 11.2 Å². The summed E-state index contributed by atoms with van der Waals surface area (Å²) < 4.78 is 8.68. The Balaban J connectivity index is 1.60. The summed E-state index contributed by atoms with van der Waals surface area (Å²) in [5, 5.41) is 18.7. The number of H-pyrrole nitrogens is 1. The molecule has 1 N–H and O–H groups in total. The summed E-state index contributed by atoms with van der Waals surface area (Å²) in [5.41, 5.74) is 2.73. The Labute approximate surface area is 136 Å². The molecule has 12 nitrogen and oxygen atoms in total. The number of fused-ring (bicyclic) bond motifs is 1. The van der Waals surface area contributed by atoms with Crippen LogP contribution in [0.3, 0.4) is 0 Å². The maximum atomic E-state index is 5.42. The molecule has 1 atom stereocenters. The van der Waals surface area contributed by atoms with Gasteiger partial charge in [-0.1, -0.05) is 9.64 Å². The first kappa shape index (κ1) is 13.0. The quantitative estimate of drug-likeness (QED) is 0.558. The second-order valence-corrected chi connectivity index (χ2v) is 5.33. The third-order valence-electron chi connectivity index (χ3n) is 3.36. The van der Waals surface area contributed by atoms with Crippen LogP contribution in [0.15, 0.2) is 33.8 Å². The molecule has 1 aliphatic rings. The van der Waals surface area contributed by atoms with Gasteiger partial charge in [0.1, 0.15) is 16.9 Å². The molecule has 0 aromatic carbocycles.